The fraction of sp³-hybridized carbons (Fsp3) is 0.400. The van der Waals surface area contributed by atoms with E-state index in [9.17, 15) is 19.2 Å². The highest BCUT2D eigenvalue weighted by Crippen LogP contribution is 2.35. The number of Topliss-reactive ketones (excluding diaryl/α,β-unsaturated/α-hetero) is 2. The molecule has 0 spiro atoms. The van der Waals surface area contributed by atoms with Crippen LogP contribution >= 0.6 is 11.6 Å². The molecule has 0 saturated carbocycles. The lowest BCUT2D eigenvalue weighted by molar-refractivity contribution is -0.146. The molecule has 9 heteroatoms. The molecule has 1 aliphatic carbocycles. The molecule has 126 valence electrons. The molecule has 1 aliphatic heterocycles. The minimum Gasteiger partial charge on any atom is -0.453 e. The van der Waals surface area contributed by atoms with Crippen molar-refractivity contribution in [3.8, 4) is 0 Å². The SMILES string of the molecule is CC(=O)NC1=C(C)C(=O)c2c(nc3n2CC[C@H]3OC(=O)CCl)C1=O. The summed E-state index contributed by atoms with van der Waals surface area (Å²) in [6, 6.07) is 0. The zero-order chi connectivity index (χ0) is 17.6. The van der Waals surface area contributed by atoms with Crippen molar-refractivity contribution in [2.24, 2.45) is 0 Å². The Hall–Kier alpha value is -2.48. The van der Waals surface area contributed by atoms with Crippen molar-refractivity contribution in [3.63, 3.8) is 0 Å². The number of hydrogen-bond acceptors (Lipinski definition) is 6. The summed E-state index contributed by atoms with van der Waals surface area (Å²) in [5.74, 6) is -1.89. The Kier molecular flexibility index (Phi) is 4.00. The highest BCUT2D eigenvalue weighted by atomic mass is 35.5. The second-order valence-electron chi connectivity index (χ2n) is 5.56. The number of rotatable bonds is 3. The van der Waals surface area contributed by atoms with Gasteiger partial charge in [-0.3, -0.25) is 19.2 Å². The molecule has 24 heavy (non-hydrogen) atoms. The number of carbonyl (C=O) groups is 4. The van der Waals surface area contributed by atoms with Gasteiger partial charge in [0, 0.05) is 25.5 Å². The van der Waals surface area contributed by atoms with Gasteiger partial charge in [0.25, 0.3) is 0 Å². The Bertz CT molecular complexity index is 823. The van der Waals surface area contributed by atoms with Gasteiger partial charge in [0.05, 0.1) is 5.70 Å². The van der Waals surface area contributed by atoms with E-state index in [4.69, 9.17) is 16.3 Å². The van der Waals surface area contributed by atoms with E-state index >= 15 is 0 Å². The topological polar surface area (TPSA) is 107 Å². The molecule has 0 aromatic carbocycles. The summed E-state index contributed by atoms with van der Waals surface area (Å²) >= 11 is 5.43. The molecule has 1 amide bonds. The molecule has 1 aromatic heterocycles. The van der Waals surface area contributed by atoms with Gasteiger partial charge in [-0.1, -0.05) is 0 Å². The number of nitrogens with zero attached hydrogens (tertiary/aromatic N) is 2. The number of amides is 1. The van der Waals surface area contributed by atoms with Crippen LogP contribution in [0.25, 0.3) is 0 Å². The first-order chi connectivity index (χ1) is 11.3. The Morgan fingerprint density at radius 3 is 2.71 bits per heavy atom. The number of ether oxygens (including phenoxy) is 1. The van der Waals surface area contributed by atoms with Crippen LogP contribution in [0, 0.1) is 0 Å². The molecule has 0 saturated heterocycles. The number of halogens is 1. The van der Waals surface area contributed by atoms with E-state index in [1.54, 1.807) is 4.57 Å². The van der Waals surface area contributed by atoms with Crippen LogP contribution in [0.3, 0.4) is 0 Å². The Morgan fingerprint density at radius 1 is 1.38 bits per heavy atom. The first kappa shape index (κ1) is 16.4. The molecule has 2 heterocycles. The van der Waals surface area contributed by atoms with Gasteiger partial charge in [0.1, 0.15) is 17.3 Å². The van der Waals surface area contributed by atoms with E-state index in [0.717, 1.165) is 0 Å². The smallest absolute Gasteiger partial charge is 0.321 e. The van der Waals surface area contributed by atoms with Crippen molar-refractivity contribution in [3.05, 3.63) is 28.5 Å². The fourth-order valence-corrected chi connectivity index (χ4v) is 2.98. The average molecular weight is 352 g/mol. The lowest BCUT2D eigenvalue weighted by atomic mass is 9.95. The second-order valence-corrected chi connectivity index (χ2v) is 5.83. The molecule has 0 fully saturated rings. The second kappa shape index (κ2) is 5.86. The Morgan fingerprint density at radius 2 is 2.08 bits per heavy atom. The summed E-state index contributed by atoms with van der Waals surface area (Å²) in [5, 5.41) is 2.39. The number of aromatic nitrogens is 2. The number of ketones is 2. The van der Waals surface area contributed by atoms with Gasteiger partial charge >= 0.3 is 5.97 Å². The van der Waals surface area contributed by atoms with E-state index in [1.807, 2.05) is 0 Å². The van der Waals surface area contributed by atoms with Crippen LogP contribution in [0.4, 0.5) is 0 Å². The number of esters is 1. The molecular weight excluding hydrogens is 338 g/mol. The van der Waals surface area contributed by atoms with Crippen LogP contribution in [0.15, 0.2) is 11.3 Å². The van der Waals surface area contributed by atoms with E-state index in [-0.39, 0.29) is 34.3 Å². The highest BCUT2D eigenvalue weighted by molar-refractivity contribution is 6.26. The summed E-state index contributed by atoms with van der Waals surface area (Å²) in [6.45, 7) is 3.14. The standard InChI is InChI=1S/C15H14ClN3O5/c1-6-10(17-7(2)20)14(23)11-12(13(6)22)19-4-3-8(15(19)18-11)24-9(21)5-16/h8H,3-5H2,1-2H3,(H,17,20)/t8-/m1/s1. The minimum atomic E-state index is -0.646. The van der Waals surface area contributed by atoms with Crippen LogP contribution in [-0.2, 0) is 20.9 Å². The van der Waals surface area contributed by atoms with Crippen molar-refractivity contribution < 1.29 is 23.9 Å². The van der Waals surface area contributed by atoms with Gasteiger partial charge in [-0.2, -0.15) is 0 Å². The number of allylic oxidation sites excluding steroid dienone is 2. The summed E-state index contributed by atoms with van der Waals surface area (Å²) in [6.07, 6.45) is -0.187. The zero-order valence-corrected chi connectivity index (χ0v) is 13.8. The maximum Gasteiger partial charge on any atom is 0.321 e. The molecule has 0 unspecified atom stereocenters. The van der Waals surface area contributed by atoms with Crippen LogP contribution < -0.4 is 5.32 Å². The van der Waals surface area contributed by atoms with Crippen LogP contribution in [0.5, 0.6) is 0 Å². The van der Waals surface area contributed by atoms with Gasteiger partial charge < -0.3 is 14.6 Å². The monoisotopic (exact) mass is 351 g/mol. The summed E-state index contributed by atoms with van der Waals surface area (Å²) in [4.78, 5) is 52.0. The van der Waals surface area contributed by atoms with Crippen molar-refractivity contribution in [2.75, 3.05) is 5.88 Å². The lowest BCUT2D eigenvalue weighted by Crippen LogP contribution is -2.33. The third-order valence-electron chi connectivity index (χ3n) is 3.96. The average Bonchev–Trinajstić information content (AvgIpc) is 3.09. The predicted molar refractivity (Wildman–Crippen MR) is 81.6 cm³/mol. The van der Waals surface area contributed by atoms with Crippen LogP contribution in [-0.4, -0.2) is 38.9 Å². The number of imidazole rings is 1. The zero-order valence-electron chi connectivity index (χ0n) is 13.0. The normalized spacial score (nSPS) is 19.2. The van der Waals surface area contributed by atoms with Crippen molar-refractivity contribution in [1.82, 2.24) is 14.9 Å². The van der Waals surface area contributed by atoms with Gasteiger partial charge in [-0.25, -0.2) is 4.98 Å². The Labute approximate surface area is 141 Å². The molecule has 1 N–H and O–H groups in total. The quantitative estimate of drug-likeness (QED) is 0.640. The van der Waals surface area contributed by atoms with Crippen LogP contribution in [0.1, 0.15) is 53.2 Å². The molecule has 3 rings (SSSR count). The predicted octanol–water partition coefficient (Wildman–Crippen LogP) is 0.899. The first-order valence-electron chi connectivity index (χ1n) is 7.28. The summed E-state index contributed by atoms with van der Waals surface area (Å²) < 4.78 is 6.79. The van der Waals surface area contributed by atoms with E-state index in [1.165, 1.54) is 13.8 Å². The lowest BCUT2D eigenvalue weighted by Gasteiger charge is -2.16. The van der Waals surface area contributed by atoms with Crippen LogP contribution in [0.2, 0.25) is 0 Å². The van der Waals surface area contributed by atoms with Gasteiger partial charge in [-0.05, 0) is 6.92 Å². The van der Waals surface area contributed by atoms with Crippen molar-refractivity contribution in [2.45, 2.75) is 32.9 Å². The summed E-state index contributed by atoms with van der Waals surface area (Å²) in [7, 11) is 0. The maximum atomic E-state index is 12.6. The molecule has 2 aliphatic rings. The molecule has 1 aromatic rings. The Balaban J connectivity index is 2.02. The van der Waals surface area contributed by atoms with Crippen molar-refractivity contribution >= 4 is 35.0 Å². The fourth-order valence-electron chi connectivity index (χ4n) is 2.91. The van der Waals surface area contributed by atoms with Gasteiger partial charge in [0.15, 0.2) is 11.9 Å². The van der Waals surface area contributed by atoms with E-state index in [0.29, 0.717) is 18.8 Å². The minimum absolute atomic E-state index is 0.0315. The number of nitrogens with one attached hydrogen (secondary N) is 1. The highest BCUT2D eigenvalue weighted by Gasteiger charge is 2.40. The number of fused-ring (bicyclic) bond motifs is 3. The van der Waals surface area contributed by atoms with Gasteiger partial charge in [0.2, 0.25) is 17.5 Å². The maximum absolute atomic E-state index is 12.6. The van der Waals surface area contributed by atoms with Crippen molar-refractivity contribution in [1.29, 1.82) is 0 Å². The summed E-state index contributed by atoms with van der Waals surface area (Å²) in [5.41, 5.74) is 0.236. The number of alkyl halides is 1. The third kappa shape index (κ3) is 2.43. The molecule has 1 atom stereocenters. The molecule has 8 nitrogen and oxygen atoms in total. The molecule has 0 radical (unpaired) electrons. The van der Waals surface area contributed by atoms with E-state index < -0.39 is 23.8 Å². The number of hydrogen-bond donors (Lipinski definition) is 1. The third-order valence-corrected chi connectivity index (χ3v) is 4.17. The molecular formula is C15H14ClN3O5. The molecule has 0 bridgehead atoms. The number of carbonyl (C=O) groups excluding carboxylic acids is 4. The van der Waals surface area contributed by atoms with E-state index in [2.05, 4.69) is 10.3 Å². The largest absolute Gasteiger partial charge is 0.453 e. The van der Waals surface area contributed by atoms with Gasteiger partial charge in [-0.15, -0.1) is 11.6 Å². The first-order valence-corrected chi connectivity index (χ1v) is 7.82.